The van der Waals surface area contributed by atoms with Crippen molar-refractivity contribution in [1.82, 2.24) is 9.97 Å². The normalized spacial score (nSPS) is 15.1. The van der Waals surface area contributed by atoms with Crippen LogP contribution in [0.4, 0.5) is 11.5 Å². The van der Waals surface area contributed by atoms with E-state index in [4.69, 9.17) is 0 Å². The molecule has 104 valence electrons. The standard InChI is InChI=1S/C16H20N4/c1-4-10-20(11-5-1)15-7-3-2-6-14(15)12-19-16-13-17-8-9-18-16/h2-3,6-9,13H,1,4-5,10-12H2,(H,18,19). The molecule has 4 nitrogen and oxygen atoms in total. The summed E-state index contributed by atoms with van der Waals surface area (Å²) in [5.41, 5.74) is 2.67. The Labute approximate surface area is 119 Å². The maximum absolute atomic E-state index is 4.25. The zero-order valence-electron chi connectivity index (χ0n) is 11.6. The highest BCUT2D eigenvalue weighted by Crippen LogP contribution is 2.24. The Morgan fingerprint density at radius 1 is 1.05 bits per heavy atom. The summed E-state index contributed by atoms with van der Waals surface area (Å²) in [6, 6.07) is 8.63. The van der Waals surface area contributed by atoms with E-state index in [9.17, 15) is 0 Å². The van der Waals surface area contributed by atoms with Crippen molar-refractivity contribution in [2.45, 2.75) is 25.8 Å². The minimum Gasteiger partial charge on any atom is -0.371 e. The first-order valence-electron chi connectivity index (χ1n) is 7.26. The van der Waals surface area contributed by atoms with Crippen molar-refractivity contribution >= 4 is 11.5 Å². The van der Waals surface area contributed by atoms with Gasteiger partial charge < -0.3 is 10.2 Å². The lowest BCUT2D eigenvalue weighted by Gasteiger charge is -2.30. The second-order valence-corrected chi connectivity index (χ2v) is 5.12. The van der Waals surface area contributed by atoms with E-state index in [2.05, 4.69) is 44.5 Å². The molecule has 0 atom stereocenters. The fourth-order valence-corrected chi connectivity index (χ4v) is 2.68. The van der Waals surface area contributed by atoms with E-state index >= 15 is 0 Å². The van der Waals surface area contributed by atoms with Gasteiger partial charge in [0.05, 0.1) is 6.20 Å². The SMILES string of the molecule is c1ccc(N2CCCCC2)c(CNc2cnccn2)c1. The molecule has 2 aromatic rings. The van der Waals surface area contributed by atoms with Gasteiger partial charge >= 0.3 is 0 Å². The predicted octanol–water partition coefficient (Wildman–Crippen LogP) is 3.08. The van der Waals surface area contributed by atoms with Crippen LogP contribution in [0.3, 0.4) is 0 Å². The molecular formula is C16H20N4. The lowest BCUT2D eigenvalue weighted by atomic mass is 10.1. The predicted molar refractivity (Wildman–Crippen MR) is 81.9 cm³/mol. The highest BCUT2D eigenvalue weighted by molar-refractivity contribution is 5.55. The summed E-state index contributed by atoms with van der Waals surface area (Å²) in [5, 5.41) is 3.34. The van der Waals surface area contributed by atoms with Gasteiger partial charge in [-0.1, -0.05) is 18.2 Å². The summed E-state index contributed by atoms with van der Waals surface area (Å²) in [7, 11) is 0. The van der Waals surface area contributed by atoms with Gasteiger partial charge in [-0.3, -0.25) is 4.98 Å². The summed E-state index contributed by atoms with van der Waals surface area (Å²) in [4.78, 5) is 10.8. The molecule has 20 heavy (non-hydrogen) atoms. The van der Waals surface area contributed by atoms with Crippen LogP contribution in [0.1, 0.15) is 24.8 Å². The largest absolute Gasteiger partial charge is 0.371 e. The number of nitrogens with zero attached hydrogens (tertiary/aromatic N) is 3. The van der Waals surface area contributed by atoms with Crippen LogP contribution in [0.5, 0.6) is 0 Å². The molecule has 3 rings (SSSR count). The summed E-state index contributed by atoms with van der Waals surface area (Å²) >= 11 is 0. The lowest BCUT2D eigenvalue weighted by molar-refractivity contribution is 0.576. The lowest BCUT2D eigenvalue weighted by Crippen LogP contribution is -2.30. The van der Waals surface area contributed by atoms with Gasteiger partial charge in [0.1, 0.15) is 5.82 Å². The molecule has 0 radical (unpaired) electrons. The first-order chi connectivity index (χ1) is 9.93. The minimum atomic E-state index is 0.783. The topological polar surface area (TPSA) is 41.0 Å². The van der Waals surface area contributed by atoms with Gasteiger partial charge in [-0.25, -0.2) is 4.98 Å². The van der Waals surface area contributed by atoms with Crippen LogP contribution in [-0.4, -0.2) is 23.1 Å². The number of para-hydroxylation sites is 1. The molecule has 1 saturated heterocycles. The molecule has 0 aliphatic carbocycles. The molecule has 0 spiro atoms. The van der Waals surface area contributed by atoms with E-state index in [-0.39, 0.29) is 0 Å². The molecule has 0 unspecified atom stereocenters. The Morgan fingerprint density at radius 2 is 1.90 bits per heavy atom. The third-order valence-corrected chi connectivity index (χ3v) is 3.71. The van der Waals surface area contributed by atoms with Crippen LogP contribution in [0.15, 0.2) is 42.9 Å². The number of hydrogen-bond acceptors (Lipinski definition) is 4. The maximum Gasteiger partial charge on any atom is 0.144 e. The molecule has 0 amide bonds. The zero-order chi connectivity index (χ0) is 13.6. The van der Waals surface area contributed by atoms with Gasteiger partial charge in [0.2, 0.25) is 0 Å². The fourth-order valence-electron chi connectivity index (χ4n) is 2.68. The van der Waals surface area contributed by atoms with Gasteiger partial charge in [0.25, 0.3) is 0 Å². The highest BCUT2D eigenvalue weighted by atomic mass is 15.1. The molecule has 1 fully saturated rings. The third-order valence-electron chi connectivity index (χ3n) is 3.71. The smallest absolute Gasteiger partial charge is 0.144 e. The molecule has 1 aliphatic rings. The summed E-state index contributed by atoms with van der Waals surface area (Å²) in [6.07, 6.45) is 9.10. The Balaban J connectivity index is 1.72. The van der Waals surface area contributed by atoms with Gasteiger partial charge in [-0.2, -0.15) is 0 Å². The van der Waals surface area contributed by atoms with Gasteiger partial charge in [0.15, 0.2) is 0 Å². The molecule has 1 aromatic heterocycles. The Morgan fingerprint density at radius 3 is 2.70 bits per heavy atom. The molecule has 1 aromatic carbocycles. The Kier molecular flexibility index (Phi) is 4.11. The van der Waals surface area contributed by atoms with Crippen molar-refractivity contribution < 1.29 is 0 Å². The number of piperidine rings is 1. The van der Waals surface area contributed by atoms with Gasteiger partial charge in [0, 0.05) is 37.7 Å². The molecule has 1 N–H and O–H groups in total. The molecule has 1 aliphatic heterocycles. The number of benzene rings is 1. The molecule has 2 heterocycles. The number of aromatic nitrogens is 2. The number of anilines is 2. The molecule has 0 saturated carbocycles. The van der Waals surface area contributed by atoms with E-state index in [1.807, 2.05) is 0 Å². The average Bonchev–Trinajstić information content (AvgIpc) is 2.55. The van der Waals surface area contributed by atoms with Crippen LogP contribution < -0.4 is 10.2 Å². The average molecular weight is 268 g/mol. The van der Waals surface area contributed by atoms with E-state index in [1.54, 1.807) is 18.6 Å². The van der Waals surface area contributed by atoms with Gasteiger partial charge in [-0.15, -0.1) is 0 Å². The van der Waals surface area contributed by atoms with E-state index < -0.39 is 0 Å². The monoisotopic (exact) mass is 268 g/mol. The van der Waals surface area contributed by atoms with Crippen LogP contribution in [0, 0.1) is 0 Å². The highest BCUT2D eigenvalue weighted by Gasteiger charge is 2.13. The summed E-state index contributed by atoms with van der Waals surface area (Å²) in [6.45, 7) is 3.12. The summed E-state index contributed by atoms with van der Waals surface area (Å²) < 4.78 is 0. The van der Waals surface area contributed by atoms with Gasteiger partial charge in [-0.05, 0) is 30.9 Å². The third kappa shape index (κ3) is 3.07. The van der Waals surface area contributed by atoms with Crippen molar-refractivity contribution in [2.75, 3.05) is 23.3 Å². The number of rotatable bonds is 4. The van der Waals surface area contributed by atoms with Crippen LogP contribution in [0.2, 0.25) is 0 Å². The Bertz CT molecular complexity index is 535. The maximum atomic E-state index is 4.25. The van der Waals surface area contributed by atoms with Crippen LogP contribution in [0.25, 0.3) is 0 Å². The first kappa shape index (κ1) is 12.9. The van der Waals surface area contributed by atoms with Crippen molar-refractivity contribution in [1.29, 1.82) is 0 Å². The molecular weight excluding hydrogens is 248 g/mol. The second-order valence-electron chi connectivity index (χ2n) is 5.12. The number of hydrogen-bond donors (Lipinski definition) is 1. The van der Waals surface area contributed by atoms with E-state index in [0.29, 0.717) is 0 Å². The van der Waals surface area contributed by atoms with Crippen molar-refractivity contribution in [3.63, 3.8) is 0 Å². The zero-order valence-corrected chi connectivity index (χ0v) is 11.6. The quantitative estimate of drug-likeness (QED) is 0.925. The number of nitrogens with one attached hydrogen (secondary N) is 1. The van der Waals surface area contributed by atoms with Crippen molar-refractivity contribution in [3.05, 3.63) is 48.4 Å². The molecule has 4 heteroatoms. The Hall–Kier alpha value is -2.10. The van der Waals surface area contributed by atoms with Crippen LogP contribution in [-0.2, 0) is 6.54 Å². The minimum absolute atomic E-state index is 0.783. The van der Waals surface area contributed by atoms with Crippen LogP contribution >= 0.6 is 0 Å². The molecule has 0 bridgehead atoms. The van der Waals surface area contributed by atoms with E-state index in [0.717, 1.165) is 12.4 Å². The first-order valence-corrected chi connectivity index (χ1v) is 7.26. The summed E-state index contributed by atoms with van der Waals surface area (Å²) in [5.74, 6) is 0.820. The van der Waals surface area contributed by atoms with E-state index in [1.165, 1.54) is 43.6 Å². The van der Waals surface area contributed by atoms with Crippen molar-refractivity contribution in [3.8, 4) is 0 Å². The van der Waals surface area contributed by atoms with Crippen molar-refractivity contribution in [2.24, 2.45) is 0 Å². The second kappa shape index (κ2) is 6.37. The fraction of sp³-hybridized carbons (Fsp3) is 0.375.